The lowest BCUT2D eigenvalue weighted by Gasteiger charge is -2.14. The van der Waals surface area contributed by atoms with Crippen LogP contribution in [0, 0.1) is 6.92 Å². The second kappa shape index (κ2) is 12.0. The molecule has 6 heteroatoms. The molecule has 152 valence electrons. The van der Waals surface area contributed by atoms with Crippen molar-refractivity contribution >= 4 is 46.3 Å². The topological polar surface area (TPSA) is 57.6 Å². The first-order valence-corrected chi connectivity index (χ1v) is 11.2. The van der Waals surface area contributed by atoms with Crippen LogP contribution in [0.3, 0.4) is 0 Å². The summed E-state index contributed by atoms with van der Waals surface area (Å²) in [5.74, 6) is -0.682. The van der Waals surface area contributed by atoms with Crippen LogP contribution in [0.2, 0.25) is 0 Å². The van der Waals surface area contributed by atoms with Gasteiger partial charge in [-0.25, -0.2) is 0 Å². The van der Waals surface area contributed by atoms with Crippen molar-refractivity contribution in [3.8, 4) is 0 Å². The molecule has 0 aliphatic carbocycles. The highest BCUT2D eigenvalue weighted by molar-refractivity contribution is 8.26. The molecule has 1 amide bonds. The highest BCUT2D eigenvalue weighted by Crippen LogP contribution is 2.32. The zero-order valence-electron chi connectivity index (χ0n) is 16.5. The number of carbonyl (C=O) groups is 2. The molecular weight excluding hydrogens is 390 g/mol. The van der Waals surface area contributed by atoms with Crippen molar-refractivity contribution in [3.63, 3.8) is 0 Å². The van der Waals surface area contributed by atoms with Crippen molar-refractivity contribution < 1.29 is 14.7 Å². The van der Waals surface area contributed by atoms with Crippen molar-refractivity contribution in [1.82, 2.24) is 4.90 Å². The standard InChI is InChI=1S/C22H29NO3S2/c1-17-11-13-18(14-12-17)16-19-21(26)23(22(27)28-19)15-9-7-5-3-2-4-6-8-10-20(24)25/h11-14,16H,2-10,15H2,1H3,(H,24,25)/b19-16-. The lowest BCUT2D eigenvalue weighted by molar-refractivity contribution is -0.137. The molecule has 1 aliphatic heterocycles. The Balaban J connectivity index is 1.64. The van der Waals surface area contributed by atoms with Crippen LogP contribution in [0.25, 0.3) is 6.08 Å². The van der Waals surface area contributed by atoms with Gasteiger partial charge in [-0.2, -0.15) is 0 Å². The number of rotatable bonds is 12. The summed E-state index contributed by atoms with van der Waals surface area (Å²) >= 11 is 6.78. The molecule has 0 saturated carbocycles. The van der Waals surface area contributed by atoms with Crippen LogP contribution in [-0.2, 0) is 9.59 Å². The third-order valence-corrected chi connectivity index (χ3v) is 6.15. The second-order valence-electron chi connectivity index (χ2n) is 7.22. The van der Waals surface area contributed by atoms with E-state index in [9.17, 15) is 9.59 Å². The van der Waals surface area contributed by atoms with Crippen LogP contribution in [0.4, 0.5) is 0 Å². The van der Waals surface area contributed by atoms with Crippen LogP contribution in [-0.4, -0.2) is 32.7 Å². The zero-order valence-corrected chi connectivity index (χ0v) is 18.1. The molecule has 0 spiro atoms. The molecule has 1 saturated heterocycles. The monoisotopic (exact) mass is 419 g/mol. The van der Waals surface area contributed by atoms with E-state index in [-0.39, 0.29) is 12.3 Å². The molecule has 0 bridgehead atoms. The van der Waals surface area contributed by atoms with Crippen molar-refractivity contribution in [3.05, 3.63) is 40.3 Å². The Morgan fingerprint density at radius 2 is 1.61 bits per heavy atom. The largest absolute Gasteiger partial charge is 0.481 e. The average molecular weight is 420 g/mol. The van der Waals surface area contributed by atoms with Crippen LogP contribution in [0.15, 0.2) is 29.2 Å². The fourth-order valence-electron chi connectivity index (χ4n) is 3.11. The lowest BCUT2D eigenvalue weighted by atomic mass is 10.1. The van der Waals surface area contributed by atoms with Gasteiger partial charge < -0.3 is 5.11 Å². The summed E-state index contributed by atoms with van der Waals surface area (Å²) in [6.45, 7) is 2.73. The molecule has 1 aromatic carbocycles. The maximum Gasteiger partial charge on any atom is 0.303 e. The predicted octanol–water partition coefficient (Wildman–Crippen LogP) is 5.79. The van der Waals surface area contributed by atoms with Crippen LogP contribution in [0.5, 0.6) is 0 Å². The number of aliphatic carboxylic acids is 1. The van der Waals surface area contributed by atoms with E-state index in [4.69, 9.17) is 17.3 Å². The van der Waals surface area contributed by atoms with E-state index < -0.39 is 5.97 Å². The van der Waals surface area contributed by atoms with Gasteiger partial charge in [0, 0.05) is 13.0 Å². The Morgan fingerprint density at radius 1 is 1.04 bits per heavy atom. The third kappa shape index (κ3) is 7.76. The van der Waals surface area contributed by atoms with E-state index in [1.165, 1.54) is 23.7 Å². The second-order valence-corrected chi connectivity index (χ2v) is 8.89. The summed E-state index contributed by atoms with van der Waals surface area (Å²) in [5.41, 5.74) is 2.22. The van der Waals surface area contributed by atoms with Crippen LogP contribution < -0.4 is 0 Å². The number of nitrogens with zero attached hydrogens (tertiary/aromatic N) is 1. The number of carbonyl (C=O) groups excluding carboxylic acids is 1. The van der Waals surface area contributed by atoms with Gasteiger partial charge in [0.2, 0.25) is 0 Å². The van der Waals surface area contributed by atoms with E-state index in [1.807, 2.05) is 37.3 Å². The molecule has 28 heavy (non-hydrogen) atoms. The van der Waals surface area contributed by atoms with Gasteiger partial charge in [-0.05, 0) is 31.4 Å². The van der Waals surface area contributed by atoms with Gasteiger partial charge in [0.15, 0.2) is 0 Å². The predicted molar refractivity (Wildman–Crippen MR) is 120 cm³/mol. The maximum absolute atomic E-state index is 12.6. The number of aryl methyl sites for hydroxylation is 1. The minimum Gasteiger partial charge on any atom is -0.481 e. The molecule has 1 N–H and O–H groups in total. The molecule has 0 radical (unpaired) electrons. The first-order chi connectivity index (χ1) is 13.5. The average Bonchev–Trinajstić information content (AvgIpc) is 2.92. The fourth-order valence-corrected chi connectivity index (χ4v) is 4.42. The molecule has 0 atom stereocenters. The van der Waals surface area contributed by atoms with Gasteiger partial charge in [0.1, 0.15) is 4.32 Å². The molecule has 1 aromatic rings. The molecule has 0 unspecified atom stereocenters. The van der Waals surface area contributed by atoms with Gasteiger partial charge in [-0.1, -0.05) is 92.3 Å². The minimum absolute atomic E-state index is 0.0222. The quantitative estimate of drug-likeness (QED) is 0.264. The Hall–Kier alpha value is -1.66. The number of benzene rings is 1. The number of thiocarbonyl (C=S) groups is 1. The number of hydrogen-bond acceptors (Lipinski definition) is 4. The number of carboxylic acids is 1. The van der Waals surface area contributed by atoms with Crippen molar-refractivity contribution in [2.75, 3.05) is 6.54 Å². The summed E-state index contributed by atoms with van der Waals surface area (Å²) in [4.78, 5) is 25.5. The van der Waals surface area contributed by atoms with E-state index >= 15 is 0 Å². The van der Waals surface area contributed by atoms with E-state index in [0.717, 1.165) is 50.5 Å². The summed E-state index contributed by atoms with van der Waals surface area (Å²) in [6, 6.07) is 8.12. The molecule has 2 rings (SSSR count). The van der Waals surface area contributed by atoms with Crippen LogP contribution >= 0.6 is 24.0 Å². The Labute approximate surface area is 177 Å². The van der Waals surface area contributed by atoms with Crippen LogP contribution in [0.1, 0.15) is 68.9 Å². The van der Waals surface area contributed by atoms with Crippen molar-refractivity contribution in [2.45, 2.75) is 64.7 Å². The Morgan fingerprint density at radius 3 is 2.21 bits per heavy atom. The van der Waals surface area contributed by atoms with E-state index in [2.05, 4.69) is 0 Å². The van der Waals surface area contributed by atoms with Gasteiger partial charge >= 0.3 is 5.97 Å². The van der Waals surface area contributed by atoms with Crippen molar-refractivity contribution in [1.29, 1.82) is 0 Å². The smallest absolute Gasteiger partial charge is 0.303 e. The molecule has 1 aliphatic rings. The lowest BCUT2D eigenvalue weighted by Crippen LogP contribution is -2.29. The van der Waals surface area contributed by atoms with E-state index in [0.29, 0.717) is 15.8 Å². The SMILES string of the molecule is Cc1ccc(/C=C2\SC(=S)N(CCCCCCCCCCC(=O)O)C2=O)cc1. The molecule has 4 nitrogen and oxygen atoms in total. The highest BCUT2D eigenvalue weighted by Gasteiger charge is 2.31. The fraction of sp³-hybridized carbons (Fsp3) is 0.500. The summed E-state index contributed by atoms with van der Waals surface area (Å²) in [5, 5.41) is 8.60. The number of unbranched alkanes of at least 4 members (excludes halogenated alkanes) is 7. The highest BCUT2D eigenvalue weighted by atomic mass is 32.2. The third-order valence-electron chi connectivity index (χ3n) is 4.77. The summed E-state index contributed by atoms with van der Waals surface area (Å²) in [6.07, 6.45) is 10.6. The van der Waals surface area contributed by atoms with Gasteiger partial charge in [0.25, 0.3) is 5.91 Å². The minimum atomic E-state index is -0.704. The first-order valence-electron chi connectivity index (χ1n) is 10.0. The summed E-state index contributed by atoms with van der Waals surface area (Å²) in [7, 11) is 0. The van der Waals surface area contributed by atoms with Gasteiger partial charge in [0.05, 0.1) is 4.91 Å². The zero-order chi connectivity index (χ0) is 20.4. The Kier molecular flexibility index (Phi) is 9.71. The van der Waals surface area contributed by atoms with E-state index in [1.54, 1.807) is 4.90 Å². The maximum atomic E-state index is 12.6. The van der Waals surface area contributed by atoms with Gasteiger partial charge in [-0.3, -0.25) is 14.5 Å². The number of thioether (sulfide) groups is 1. The molecular formula is C22H29NO3S2. The number of carboxylic acid groups (broad SMARTS) is 1. The Bertz CT molecular complexity index is 713. The first kappa shape index (κ1) is 22.6. The molecule has 0 aromatic heterocycles. The summed E-state index contributed by atoms with van der Waals surface area (Å²) < 4.78 is 0.654. The van der Waals surface area contributed by atoms with Gasteiger partial charge in [-0.15, -0.1) is 0 Å². The van der Waals surface area contributed by atoms with Crippen molar-refractivity contribution in [2.24, 2.45) is 0 Å². The molecule has 1 heterocycles. The molecule has 1 fully saturated rings. The number of amides is 1. The normalized spacial score (nSPS) is 15.6. The number of hydrogen-bond donors (Lipinski definition) is 1.